The van der Waals surface area contributed by atoms with Gasteiger partial charge in [-0.1, -0.05) is 12.1 Å². The molecule has 3 aromatic heterocycles. The van der Waals surface area contributed by atoms with Gasteiger partial charge in [-0.25, -0.2) is 14.4 Å². The van der Waals surface area contributed by atoms with Gasteiger partial charge in [0.05, 0.1) is 34.0 Å². The van der Waals surface area contributed by atoms with Crippen molar-refractivity contribution < 1.29 is 33.0 Å². The Morgan fingerprint density at radius 3 is 2.20 bits per heavy atom. The SMILES string of the molecule is CN1CCN(c2ccc(-n3c(=O)n(C)c4cnc5ccc(-c6cccnc6)cc5c43)cc2C(F)(F)F)CC1.O=C(O)C=CC(=O)O. The number of imidazole rings is 1. The van der Waals surface area contributed by atoms with Gasteiger partial charge in [-0.05, 0) is 49.0 Å². The third-order valence-corrected chi connectivity index (χ3v) is 7.63. The van der Waals surface area contributed by atoms with Gasteiger partial charge in [0.15, 0.2) is 0 Å². The minimum atomic E-state index is -4.58. The second kappa shape index (κ2) is 12.9. The van der Waals surface area contributed by atoms with Crippen molar-refractivity contribution in [1.29, 1.82) is 0 Å². The Morgan fingerprint density at radius 1 is 0.891 bits per heavy atom. The maximum Gasteiger partial charge on any atom is 0.418 e. The number of anilines is 1. The number of hydrogen-bond acceptors (Lipinski definition) is 7. The molecule has 0 radical (unpaired) electrons. The molecule has 11 nitrogen and oxygen atoms in total. The molecule has 1 saturated heterocycles. The molecular weight excluding hydrogens is 605 g/mol. The monoisotopic (exact) mass is 634 g/mol. The fourth-order valence-corrected chi connectivity index (χ4v) is 5.31. The normalized spacial score (nSPS) is 14.1. The number of hydrogen-bond donors (Lipinski definition) is 2. The van der Waals surface area contributed by atoms with Crippen LogP contribution < -0.4 is 10.6 Å². The average Bonchev–Trinajstić information content (AvgIpc) is 3.29. The average molecular weight is 635 g/mol. The summed E-state index contributed by atoms with van der Waals surface area (Å²) in [6.45, 7) is 2.36. The molecule has 0 spiro atoms. The highest BCUT2D eigenvalue weighted by Gasteiger charge is 2.36. The van der Waals surface area contributed by atoms with Gasteiger partial charge in [-0.3, -0.25) is 19.1 Å². The zero-order chi connectivity index (χ0) is 33.2. The van der Waals surface area contributed by atoms with Gasteiger partial charge in [0.25, 0.3) is 0 Å². The molecule has 6 rings (SSSR count). The maximum atomic E-state index is 14.3. The predicted molar refractivity (Wildman–Crippen MR) is 166 cm³/mol. The molecule has 0 amide bonds. The topological polar surface area (TPSA) is 134 Å². The van der Waals surface area contributed by atoms with Crippen molar-refractivity contribution in [2.75, 3.05) is 38.1 Å². The van der Waals surface area contributed by atoms with Gasteiger partial charge in [-0.15, -0.1) is 0 Å². The zero-order valence-corrected chi connectivity index (χ0v) is 24.8. The molecule has 0 unspecified atom stereocenters. The van der Waals surface area contributed by atoms with Gasteiger partial charge in [0.2, 0.25) is 0 Å². The van der Waals surface area contributed by atoms with E-state index in [0.29, 0.717) is 60.3 Å². The largest absolute Gasteiger partial charge is 0.478 e. The van der Waals surface area contributed by atoms with Crippen LogP contribution >= 0.6 is 0 Å². The third-order valence-electron chi connectivity index (χ3n) is 7.63. The number of pyridine rings is 2. The summed E-state index contributed by atoms with van der Waals surface area (Å²) in [4.78, 5) is 45.1. The minimum absolute atomic E-state index is 0.132. The fraction of sp³-hybridized carbons (Fsp3) is 0.219. The van der Waals surface area contributed by atoms with Crippen molar-refractivity contribution in [3.63, 3.8) is 0 Å². The van der Waals surface area contributed by atoms with Crippen LogP contribution in [0.4, 0.5) is 18.9 Å². The molecule has 0 bridgehead atoms. The number of benzene rings is 2. The molecule has 14 heteroatoms. The molecule has 4 heterocycles. The summed E-state index contributed by atoms with van der Waals surface area (Å²) in [5.74, 6) is -2.51. The Bertz CT molecular complexity index is 2000. The Morgan fingerprint density at radius 2 is 1.59 bits per heavy atom. The number of aryl methyl sites for hydroxylation is 1. The second-order valence-corrected chi connectivity index (χ2v) is 10.6. The van der Waals surface area contributed by atoms with Crippen LogP contribution in [0.15, 0.2) is 84.1 Å². The van der Waals surface area contributed by atoms with Crippen LogP contribution in [0.5, 0.6) is 0 Å². The van der Waals surface area contributed by atoms with E-state index in [4.69, 9.17) is 10.2 Å². The summed E-state index contributed by atoms with van der Waals surface area (Å²) in [6, 6.07) is 13.6. The van der Waals surface area contributed by atoms with E-state index in [1.165, 1.54) is 15.2 Å². The van der Waals surface area contributed by atoms with E-state index in [9.17, 15) is 27.6 Å². The molecule has 46 heavy (non-hydrogen) atoms. The van der Waals surface area contributed by atoms with Crippen LogP contribution in [-0.2, 0) is 22.8 Å². The van der Waals surface area contributed by atoms with Crippen LogP contribution in [0.1, 0.15) is 5.56 Å². The summed E-state index contributed by atoms with van der Waals surface area (Å²) in [7, 11) is 3.56. The quantitative estimate of drug-likeness (QED) is 0.270. The second-order valence-electron chi connectivity index (χ2n) is 10.6. The van der Waals surface area contributed by atoms with E-state index in [0.717, 1.165) is 17.2 Å². The van der Waals surface area contributed by atoms with E-state index in [-0.39, 0.29) is 11.4 Å². The zero-order valence-electron chi connectivity index (χ0n) is 24.8. The number of likely N-dealkylation sites (N-methyl/N-ethyl adjacent to an activating group) is 1. The van der Waals surface area contributed by atoms with Gasteiger partial charge in [-0.2, -0.15) is 13.2 Å². The lowest BCUT2D eigenvalue weighted by molar-refractivity contribution is -0.137. The summed E-state index contributed by atoms with van der Waals surface area (Å²) in [6.07, 6.45) is 1.54. The standard InChI is InChI=1S/C28H25F3N6O.C4H4O4/c1-34-10-12-36(13-11-34)24-8-6-20(15-22(24)28(29,30)31)37-26-21-14-18(19-4-3-9-32-16-19)5-7-23(21)33-17-25(26)35(2)27(37)38;5-3(6)1-2-4(7)8/h3-9,14-17H,10-13H2,1-2H3;1-2H,(H,5,6)(H,7,8). The van der Waals surface area contributed by atoms with Crippen molar-refractivity contribution in [3.8, 4) is 16.8 Å². The highest BCUT2D eigenvalue weighted by atomic mass is 19.4. The van der Waals surface area contributed by atoms with E-state index >= 15 is 0 Å². The summed E-state index contributed by atoms with van der Waals surface area (Å²) in [5, 5.41) is 16.3. The fourth-order valence-electron chi connectivity index (χ4n) is 5.31. The van der Waals surface area contributed by atoms with Crippen molar-refractivity contribution in [1.82, 2.24) is 24.0 Å². The van der Waals surface area contributed by atoms with Gasteiger partial charge in [0.1, 0.15) is 0 Å². The van der Waals surface area contributed by atoms with Crippen molar-refractivity contribution in [3.05, 3.63) is 95.3 Å². The summed E-state index contributed by atoms with van der Waals surface area (Å²) in [5.41, 5.74) is 2.51. The molecule has 1 fully saturated rings. The Hall–Kier alpha value is -5.50. The predicted octanol–water partition coefficient (Wildman–Crippen LogP) is 4.42. The number of rotatable bonds is 5. The minimum Gasteiger partial charge on any atom is -0.478 e. The molecule has 0 aliphatic carbocycles. The van der Waals surface area contributed by atoms with Crippen LogP contribution in [-0.4, -0.2) is 79.4 Å². The maximum absolute atomic E-state index is 14.3. The van der Waals surface area contributed by atoms with Crippen molar-refractivity contribution in [2.45, 2.75) is 6.18 Å². The van der Waals surface area contributed by atoms with Crippen LogP contribution in [0.3, 0.4) is 0 Å². The number of halogens is 3. The van der Waals surface area contributed by atoms with E-state index in [1.807, 2.05) is 37.4 Å². The molecular formula is C32H29F3N6O5. The van der Waals surface area contributed by atoms with E-state index in [2.05, 4.69) is 14.9 Å². The van der Waals surface area contributed by atoms with Gasteiger partial charge in [0, 0.05) is 74.4 Å². The Kier molecular flexibility index (Phi) is 8.91. The van der Waals surface area contributed by atoms with Gasteiger partial charge >= 0.3 is 23.8 Å². The lowest BCUT2D eigenvalue weighted by Gasteiger charge is -2.35. The molecule has 1 aliphatic rings. The van der Waals surface area contributed by atoms with Crippen molar-refractivity contribution in [2.24, 2.45) is 7.05 Å². The number of fused-ring (bicyclic) bond motifs is 3. The third kappa shape index (κ3) is 6.61. The molecule has 2 aromatic carbocycles. The smallest absolute Gasteiger partial charge is 0.418 e. The molecule has 5 aromatic rings. The molecule has 1 aliphatic heterocycles. The molecule has 0 atom stereocenters. The van der Waals surface area contributed by atoms with Gasteiger partial charge < -0.3 is 20.0 Å². The first-order valence-corrected chi connectivity index (χ1v) is 14.0. The van der Waals surface area contributed by atoms with Crippen LogP contribution in [0, 0.1) is 0 Å². The van der Waals surface area contributed by atoms with Crippen molar-refractivity contribution >= 4 is 39.6 Å². The number of carboxylic acids is 2. The lowest BCUT2D eigenvalue weighted by atomic mass is 10.0. The van der Waals surface area contributed by atoms with Crippen LogP contribution in [0.2, 0.25) is 0 Å². The summed E-state index contributed by atoms with van der Waals surface area (Å²) < 4.78 is 45.8. The van der Waals surface area contributed by atoms with E-state index < -0.39 is 29.4 Å². The number of carbonyl (C=O) groups is 2. The Labute approximate surface area is 260 Å². The Balaban J connectivity index is 0.000000463. The number of aliphatic carboxylic acids is 2. The first-order chi connectivity index (χ1) is 21.8. The molecule has 238 valence electrons. The highest BCUT2D eigenvalue weighted by Crippen LogP contribution is 2.39. The first-order valence-electron chi connectivity index (χ1n) is 14.0. The summed E-state index contributed by atoms with van der Waals surface area (Å²) >= 11 is 0. The van der Waals surface area contributed by atoms with Crippen LogP contribution in [0.25, 0.3) is 38.8 Å². The van der Waals surface area contributed by atoms with E-state index in [1.54, 1.807) is 36.6 Å². The number of nitrogens with zero attached hydrogens (tertiary/aromatic N) is 6. The number of alkyl halides is 3. The highest BCUT2D eigenvalue weighted by molar-refractivity contribution is 6.04. The molecule has 0 saturated carbocycles. The molecule has 2 N–H and O–H groups in total. The number of aromatic nitrogens is 4. The number of carboxylic acid groups (broad SMARTS) is 2. The lowest BCUT2D eigenvalue weighted by Crippen LogP contribution is -2.45. The number of piperazine rings is 1. The first kappa shape index (κ1) is 31.9.